The summed E-state index contributed by atoms with van der Waals surface area (Å²) in [4.78, 5) is 25.4. The van der Waals surface area contributed by atoms with Crippen molar-refractivity contribution in [2.24, 2.45) is 5.41 Å². The number of hydrogen-bond acceptors (Lipinski definition) is 4. The van der Waals surface area contributed by atoms with E-state index in [1.165, 1.54) is 4.90 Å². The molecule has 0 aromatic heterocycles. The lowest BCUT2D eigenvalue weighted by atomic mass is 9.92. The fourth-order valence-corrected chi connectivity index (χ4v) is 2.45. The summed E-state index contributed by atoms with van der Waals surface area (Å²) in [6, 6.07) is -0.147. The summed E-state index contributed by atoms with van der Waals surface area (Å²) in [7, 11) is 1.61. The van der Waals surface area contributed by atoms with Gasteiger partial charge in [0, 0.05) is 26.6 Å². The molecule has 0 aliphatic carbocycles. The number of ether oxygens (including phenoxy) is 1. The second-order valence-electron chi connectivity index (χ2n) is 5.13. The molecule has 0 aromatic rings. The third-order valence-electron chi connectivity index (χ3n) is 3.42. The quantitative estimate of drug-likeness (QED) is 0.660. The number of methoxy groups -OCH3 is 1. The predicted octanol–water partition coefficient (Wildman–Crippen LogP) is -0.242. The number of likely N-dealkylation sites (tertiary alicyclic amines) is 1. The van der Waals surface area contributed by atoms with Gasteiger partial charge in [-0.15, -0.1) is 0 Å². The molecule has 5 heteroatoms. The van der Waals surface area contributed by atoms with E-state index in [1.807, 2.05) is 13.8 Å². The molecule has 2 atom stereocenters. The Kier molecular flexibility index (Phi) is 2.75. The molecule has 2 aliphatic rings. The fraction of sp³-hybridized carbons (Fsp3) is 0.818. The molecule has 2 fully saturated rings. The second-order valence-corrected chi connectivity index (χ2v) is 5.13. The van der Waals surface area contributed by atoms with Gasteiger partial charge in [-0.25, -0.2) is 0 Å². The normalized spacial score (nSPS) is 33.8. The van der Waals surface area contributed by atoms with Crippen molar-refractivity contribution in [3.8, 4) is 0 Å². The zero-order chi connectivity index (χ0) is 11.9. The predicted molar refractivity (Wildman–Crippen MR) is 57.7 cm³/mol. The molecule has 0 aromatic carbocycles. The Bertz CT molecular complexity index is 327. The van der Waals surface area contributed by atoms with Crippen molar-refractivity contribution in [2.75, 3.05) is 20.2 Å². The van der Waals surface area contributed by atoms with E-state index < -0.39 is 5.41 Å². The van der Waals surface area contributed by atoms with Crippen molar-refractivity contribution < 1.29 is 14.3 Å². The number of hydrogen-bond donors (Lipinski definition) is 1. The van der Waals surface area contributed by atoms with Crippen LogP contribution < -0.4 is 5.32 Å². The van der Waals surface area contributed by atoms with Gasteiger partial charge in [-0.05, 0) is 0 Å². The molecule has 0 saturated carbocycles. The van der Waals surface area contributed by atoms with E-state index in [9.17, 15) is 9.59 Å². The first-order valence-electron chi connectivity index (χ1n) is 5.57. The molecular weight excluding hydrogens is 208 g/mol. The number of nitrogens with one attached hydrogen (secondary N) is 1. The van der Waals surface area contributed by atoms with Gasteiger partial charge in [-0.2, -0.15) is 0 Å². The summed E-state index contributed by atoms with van der Waals surface area (Å²) >= 11 is 0. The van der Waals surface area contributed by atoms with Gasteiger partial charge in [0.15, 0.2) is 0 Å². The first-order valence-corrected chi connectivity index (χ1v) is 5.57. The minimum absolute atomic E-state index is 0.0757. The van der Waals surface area contributed by atoms with Crippen LogP contribution in [0.25, 0.3) is 0 Å². The molecule has 1 unspecified atom stereocenters. The van der Waals surface area contributed by atoms with E-state index in [4.69, 9.17) is 4.74 Å². The minimum Gasteiger partial charge on any atom is -0.378 e. The molecule has 2 heterocycles. The Morgan fingerprint density at radius 3 is 2.56 bits per heavy atom. The van der Waals surface area contributed by atoms with Crippen molar-refractivity contribution in [1.82, 2.24) is 10.2 Å². The molecule has 0 radical (unpaired) electrons. The topological polar surface area (TPSA) is 58.6 Å². The summed E-state index contributed by atoms with van der Waals surface area (Å²) in [5.41, 5.74) is -0.558. The largest absolute Gasteiger partial charge is 0.378 e. The highest BCUT2D eigenvalue weighted by molar-refractivity contribution is 6.05. The standard InChI is InChI=1S/C11H18N2O3/c1-11(2)4-9(14)13(10(11)15)7-5-12-6-8(7)16-3/h7-8,12H,4-6H2,1-3H3/t7?,8-/m0/s1. The van der Waals surface area contributed by atoms with Crippen LogP contribution in [-0.2, 0) is 14.3 Å². The number of carbonyl (C=O) groups excluding carboxylic acids is 2. The van der Waals surface area contributed by atoms with Gasteiger partial charge in [0.25, 0.3) is 0 Å². The summed E-state index contributed by atoms with van der Waals surface area (Å²) in [5, 5.41) is 3.15. The van der Waals surface area contributed by atoms with Crippen LogP contribution in [0.3, 0.4) is 0 Å². The Labute approximate surface area is 95.1 Å². The zero-order valence-corrected chi connectivity index (χ0v) is 9.95. The van der Waals surface area contributed by atoms with E-state index in [-0.39, 0.29) is 24.0 Å². The third kappa shape index (κ3) is 1.64. The van der Waals surface area contributed by atoms with E-state index in [2.05, 4.69) is 5.32 Å². The average molecular weight is 226 g/mol. The van der Waals surface area contributed by atoms with Crippen molar-refractivity contribution in [3.05, 3.63) is 0 Å². The number of rotatable bonds is 2. The van der Waals surface area contributed by atoms with Crippen LogP contribution in [0.15, 0.2) is 0 Å². The zero-order valence-electron chi connectivity index (χ0n) is 9.95. The maximum Gasteiger partial charge on any atom is 0.235 e. The van der Waals surface area contributed by atoms with Crippen LogP contribution >= 0.6 is 0 Å². The van der Waals surface area contributed by atoms with Gasteiger partial charge in [-0.1, -0.05) is 13.8 Å². The van der Waals surface area contributed by atoms with E-state index >= 15 is 0 Å². The molecule has 2 rings (SSSR count). The van der Waals surface area contributed by atoms with E-state index in [1.54, 1.807) is 7.11 Å². The Balaban J connectivity index is 2.21. The van der Waals surface area contributed by atoms with Crippen LogP contribution in [0, 0.1) is 5.41 Å². The summed E-state index contributed by atoms with van der Waals surface area (Å²) < 4.78 is 5.29. The Hall–Kier alpha value is -0.940. The maximum absolute atomic E-state index is 12.1. The molecule has 1 N–H and O–H groups in total. The van der Waals surface area contributed by atoms with E-state index in [0.29, 0.717) is 19.5 Å². The first kappa shape index (κ1) is 11.5. The Morgan fingerprint density at radius 2 is 2.06 bits per heavy atom. The molecule has 2 aliphatic heterocycles. The van der Waals surface area contributed by atoms with Crippen LogP contribution in [0.4, 0.5) is 0 Å². The lowest BCUT2D eigenvalue weighted by Crippen LogP contribution is -2.48. The van der Waals surface area contributed by atoms with Crippen LogP contribution in [0.5, 0.6) is 0 Å². The average Bonchev–Trinajstić information content (AvgIpc) is 2.71. The van der Waals surface area contributed by atoms with Gasteiger partial charge < -0.3 is 10.1 Å². The highest BCUT2D eigenvalue weighted by Crippen LogP contribution is 2.34. The number of nitrogens with zero attached hydrogens (tertiary/aromatic N) is 1. The molecule has 0 bridgehead atoms. The highest BCUT2D eigenvalue weighted by Gasteiger charge is 2.50. The molecule has 0 spiro atoms. The Morgan fingerprint density at radius 1 is 1.38 bits per heavy atom. The summed E-state index contributed by atoms with van der Waals surface area (Å²) in [6.45, 7) is 4.96. The van der Waals surface area contributed by atoms with E-state index in [0.717, 1.165) is 0 Å². The van der Waals surface area contributed by atoms with Gasteiger partial charge in [0.2, 0.25) is 11.8 Å². The van der Waals surface area contributed by atoms with Crippen molar-refractivity contribution in [3.63, 3.8) is 0 Å². The third-order valence-corrected chi connectivity index (χ3v) is 3.42. The van der Waals surface area contributed by atoms with Crippen LogP contribution in [-0.4, -0.2) is 49.1 Å². The van der Waals surface area contributed by atoms with Gasteiger partial charge in [-0.3, -0.25) is 14.5 Å². The van der Waals surface area contributed by atoms with Crippen molar-refractivity contribution in [1.29, 1.82) is 0 Å². The molecule has 16 heavy (non-hydrogen) atoms. The molecule has 90 valence electrons. The lowest BCUT2D eigenvalue weighted by Gasteiger charge is -2.27. The maximum atomic E-state index is 12.1. The number of carbonyl (C=O) groups is 2. The minimum atomic E-state index is -0.558. The number of amides is 2. The lowest BCUT2D eigenvalue weighted by molar-refractivity contribution is -0.145. The van der Waals surface area contributed by atoms with Gasteiger partial charge in [0.05, 0.1) is 17.6 Å². The molecule has 5 nitrogen and oxygen atoms in total. The van der Waals surface area contributed by atoms with Gasteiger partial charge in [0.1, 0.15) is 0 Å². The highest BCUT2D eigenvalue weighted by atomic mass is 16.5. The monoisotopic (exact) mass is 226 g/mol. The molecule has 2 amide bonds. The van der Waals surface area contributed by atoms with Crippen molar-refractivity contribution in [2.45, 2.75) is 32.4 Å². The first-order chi connectivity index (χ1) is 7.47. The smallest absolute Gasteiger partial charge is 0.235 e. The molecule has 2 saturated heterocycles. The number of imide groups is 1. The van der Waals surface area contributed by atoms with Crippen molar-refractivity contribution >= 4 is 11.8 Å². The fourth-order valence-electron chi connectivity index (χ4n) is 2.45. The SMILES string of the molecule is CO[C@H]1CNCC1N1C(=O)CC(C)(C)C1=O. The summed E-state index contributed by atoms with van der Waals surface area (Å²) in [6.07, 6.45) is 0.223. The van der Waals surface area contributed by atoms with Crippen LogP contribution in [0.1, 0.15) is 20.3 Å². The second kappa shape index (κ2) is 3.82. The summed E-state index contributed by atoms with van der Waals surface area (Å²) in [5.74, 6) is -0.154. The van der Waals surface area contributed by atoms with Crippen LogP contribution in [0.2, 0.25) is 0 Å². The molecular formula is C11H18N2O3. The van der Waals surface area contributed by atoms with Gasteiger partial charge >= 0.3 is 0 Å².